The highest BCUT2D eigenvalue weighted by molar-refractivity contribution is 6.27. The van der Waals surface area contributed by atoms with E-state index in [1.165, 1.54) is 37.8 Å². The Labute approximate surface area is 196 Å². The first kappa shape index (κ1) is 20.4. The molecule has 0 saturated heterocycles. The minimum Gasteiger partial charge on any atom is -0.384 e. The summed E-state index contributed by atoms with van der Waals surface area (Å²) >= 11 is 7.10. The third-order valence-electron chi connectivity index (χ3n) is 6.82. The molecule has 6 nitrogen and oxygen atoms in total. The third-order valence-corrected chi connectivity index (χ3v) is 7.46. The molecular formula is C25H24ClFN6. The number of nitrogen functional groups attached to an aromatic ring is 1. The van der Waals surface area contributed by atoms with Crippen molar-refractivity contribution in [2.24, 2.45) is 0 Å². The molecule has 0 amide bonds. The number of rotatable bonds is 5. The van der Waals surface area contributed by atoms with E-state index in [9.17, 15) is 4.39 Å². The standard InChI is InChI=1S/C25H24ClFN6/c26-25(14-20(25)21-9-10-29-24(31-21)30-18-3-1-2-4-18)16-11-19-13-22(32-33(19)23(28)12-16)15-5-7-17(27)8-6-15/h5-13,18,20H,1-4,14,28H2,(H,29,30,31). The summed E-state index contributed by atoms with van der Waals surface area (Å²) in [5, 5.41) is 8.06. The van der Waals surface area contributed by atoms with Crippen LogP contribution in [0, 0.1) is 5.82 Å². The highest BCUT2D eigenvalue weighted by atomic mass is 35.5. The quantitative estimate of drug-likeness (QED) is 0.383. The van der Waals surface area contributed by atoms with Gasteiger partial charge >= 0.3 is 0 Å². The number of hydrogen-bond donors (Lipinski definition) is 2. The van der Waals surface area contributed by atoms with E-state index in [1.807, 2.05) is 24.3 Å². The Bertz CT molecular complexity index is 1330. The summed E-state index contributed by atoms with van der Waals surface area (Å²) in [6.07, 6.45) is 7.43. The number of anilines is 2. The van der Waals surface area contributed by atoms with Crippen molar-refractivity contribution in [3.05, 3.63) is 71.8 Å². The van der Waals surface area contributed by atoms with Crippen LogP contribution < -0.4 is 11.1 Å². The molecule has 1 aromatic carbocycles. The maximum Gasteiger partial charge on any atom is 0.223 e. The van der Waals surface area contributed by atoms with Crippen molar-refractivity contribution in [1.82, 2.24) is 19.6 Å². The van der Waals surface area contributed by atoms with Crippen LogP contribution in [0.2, 0.25) is 0 Å². The van der Waals surface area contributed by atoms with Gasteiger partial charge in [-0.25, -0.2) is 18.9 Å². The Morgan fingerprint density at radius 1 is 1.09 bits per heavy atom. The normalized spacial score (nSPS) is 22.7. The molecule has 168 valence electrons. The van der Waals surface area contributed by atoms with Gasteiger partial charge in [0.2, 0.25) is 5.95 Å². The first-order chi connectivity index (χ1) is 16.0. The molecule has 33 heavy (non-hydrogen) atoms. The van der Waals surface area contributed by atoms with Crippen molar-refractivity contribution in [3.63, 3.8) is 0 Å². The van der Waals surface area contributed by atoms with Crippen molar-refractivity contribution < 1.29 is 4.39 Å². The van der Waals surface area contributed by atoms with Gasteiger partial charge in [-0.2, -0.15) is 5.10 Å². The molecule has 2 saturated carbocycles. The lowest BCUT2D eigenvalue weighted by Crippen LogP contribution is -2.17. The highest BCUT2D eigenvalue weighted by Gasteiger charge is 2.56. The average molecular weight is 463 g/mol. The lowest BCUT2D eigenvalue weighted by atomic mass is 10.1. The number of fused-ring (bicyclic) bond motifs is 1. The first-order valence-corrected chi connectivity index (χ1v) is 11.7. The number of nitrogens with one attached hydrogen (secondary N) is 1. The van der Waals surface area contributed by atoms with Gasteiger partial charge in [0, 0.05) is 23.7 Å². The van der Waals surface area contributed by atoms with Gasteiger partial charge < -0.3 is 11.1 Å². The van der Waals surface area contributed by atoms with E-state index in [2.05, 4.69) is 15.4 Å². The van der Waals surface area contributed by atoms with Crippen molar-refractivity contribution in [2.75, 3.05) is 11.1 Å². The van der Waals surface area contributed by atoms with Crippen molar-refractivity contribution in [2.45, 2.75) is 48.9 Å². The van der Waals surface area contributed by atoms with Gasteiger partial charge in [-0.3, -0.25) is 0 Å². The van der Waals surface area contributed by atoms with Crippen LogP contribution in [0.3, 0.4) is 0 Å². The predicted molar refractivity (Wildman–Crippen MR) is 128 cm³/mol. The van der Waals surface area contributed by atoms with E-state index in [4.69, 9.17) is 22.3 Å². The van der Waals surface area contributed by atoms with Crippen molar-refractivity contribution in [1.29, 1.82) is 0 Å². The van der Waals surface area contributed by atoms with Crippen LogP contribution in [-0.2, 0) is 4.87 Å². The molecular weight excluding hydrogens is 439 g/mol. The second kappa shape index (κ2) is 7.70. The van der Waals surface area contributed by atoms with Crippen LogP contribution in [0.15, 0.2) is 54.7 Å². The van der Waals surface area contributed by atoms with Gasteiger partial charge in [0.15, 0.2) is 0 Å². The molecule has 4 aromatic rings. The molecule has 2 fully saturated rings. The molecule has 2 atom stereocenters. The van der Waals surface area contributed by atoms with Crippen molar-refractivity contribution >= 4 is 28.9 Å². The molecule has 6 rings (SSSR count). The van der Waals surface area contributed by atoms with E-state index in [0.29, 0.717) is 17.8 Å². The molecule has 0 radical (unpaired) electrons. The molecule has 3 aromatic heterocycles. The minimum atomic E-state index is -0.560. The zero-order chi connectivity index (χ0) is 22.6. The second-order valence-electron chi connectivity index (χ2n) is 9.09. The monoisotopic (exact) mass is 462 g/mol. The number of nitrogens with zero attached hydrogens (tertiary/aromatic N) is 4. The smallest absolute Gasteiger partial charge is 0.223 e. The summed E-state index contributed by atoms with van der Waals surface area (Å²) in [7, 11) is 0. The Morgan fingerprint density at radius 2 is 1.88 bits per heavy atom. The fraction of sp³-hybridized carbons (Fsp3) is 0.320. The van der Waals surface area contributed by atoms with Gasteiger partial charge in [0.05, 0.1) is 21.8 Å². The first-order valence-electron chi connectivity index (χ1n) is 11.3. The zero-order valence-corrected chi connectivity index (χ0v) is 18.8. The number of aromatic nitrogens is 4. The fourth-order valence-electron chi connectivity index (χ4n) is 4.91. The van der Waals surface area contributed by atoms with Crippen LogP contribution >= 0.6 is 11.6 Å². The molecule has 2 unspecified atom stereocenters. The SMILES string of the molecule is Nc1cc(C2(Cl)CC2c2ccnc(NC3CCCC3)n2)cc2cc(-c3ccc(F)cc3)nn12. The summed E-state index contributed by atoms with van der Waals surface area (Å²) in [4.78, 5) is 8.61. The van der Waals surface area contributed by atoms with Gasteiger partial charge in [0.25, 0.3) is 0 Å². The summed E-state index contributed by atoms with van der Waals surface area (Å²) < 4.78 is 15.0. The number of halogens is 2. The van der Waals surface area contributed by atoms with Gasteiger partial charge in [-0.05, 0) is 73.4 Å². The second-order valence-corrected chi connectivity index (χ2v) is 9.77. The molecule has 3 heterocycles. The van der Waals surface area contributed by atoms with Crippen LogP contribution in [0.1, 0.15) is 49.3 Å². The zero-order valence-electron chi connectivity index (χ0n) is 18.0. The summed E-state index contributed by atoms with van der Waals surface area (Å²) in [6, 6.07) is 14.5. The Morgan fingerprint density at radius 3 is 2.67 bits per heavy atom. The lowest BCUT2D eigenvalue weighted by Gasteiger charge is -2.14. The topological polar surface area (TPSA) is 81.1 Å². The maximum atomic E-state index is 13.3. The van der Waals surface area contributed by atoms with Gasteiger partial charge in [0.1, 0.15) is 11.6 Å². The Balaban J connectivity index is 1.28. The van der Waals surface area contributed by atoms with E-state index in [1.54, 1.807) is 22.8 Å². The lowest BCUT2D eigenvalue weighted by molar-refractivity contribution is 0.628. The van der Waals surface area contributed by atoms with E-state index in [-0.39, 0.29) is 11.7 Å². The summed E-state index contributed by atoms with van der Waals surface area (Å²) in [5.41, 5.74) is 10.6. The Hall–Kier alpha value is -3.19. The Kier molecular flexibility index (Phi) is 4.76. The molecule has 0 bridgehead atoms. The van der Waals surface area contributed by atoms with E-state index in [0.717, 1.165) is 34.5 Å². The number of benzene rings is 1. The number of alkyl halides is 1. The van der Waals surface area contributed by atoms with Gasteiger partial charge in [-0.15, -0.1) is 11.6 Å². The van der Waals surface area contributed by atoms with Crippen LogP contribution in [-0.4, -0.2) is 25.6 Å². The van der Waals surface area contributed by atoms with E-state index >= 15 is 0 Å². The largest absolute Gasteiger partial charge is 0.384 e. The molecule has 0 spiro atoms. The third kappa shape index (κ3) is 3.70. The number of pyridine rings is 1. The van der Waals surface area contributed by atoms with Crippen LogP contribution in [0.5, 0.6) is 0 Å². The predicted octanol–water partition coefficient (Wildman–Crippen LogP) is 5.49. The molecule has 2 aliphatic carbocycles. The average Bonchev–Trinajstić information content (AvgIpc) is 3.15. The molecule has 3 N–H and O–H groups in total. The fourth-order valence-corrected chi connectivity index (χ4v) is 5.29. The van der Waals surface area contributed by atoms with Crippen molar-refractivity contribution in [3.8, 4) is 11.3 Å². The highest BCUT2D eigenvalue weighted by Crippen LogP contribution is 2.63. The maximum absolute atomic E-state index is 13.3. The van der Waals surface area contributed by atoms with E-state index < -0.39 is 4.87 Å². The molecule has 8 heteroatoms. The number of hydrogen-bond acceptors (Lipinski definition) is 5. The summed E-state index contributed by atoms with van der Waals surface area (Å²) in [5.74, 6) is 1.000. The number of nitrogens with two attached hydrogens (primary N) is 1. The molecule has 0 aliphatic heterocycles. The molecule has 2 aliphatic rings. The van der Waals surface area contributed by atoms with Gasteiger partial charge in [-0.1, -0.05) is 12.8 Å². The summed E-state index contributed by atoms with van der Waals surface area (Å²) in [6.45, 7) is 0. The van der Waals surface area contributed by atoms with Crippen LogP contribution in [0.4, 0.5) is 16.2 Å². The van der Waals surface area contributed by atoms with Crippen LogP contribution in [0.25, 0.3) is 16.8 Å². The minimum absolute atomic E-state index is 0.0904.